The molecular formula is C23H28N6O3. The van der Waals surface area contributed by atoms with Gasteiger partial charge in [0, 0.05) is 32.6 Å². The van der Waals surface area contributed by atoms with Crippen molar-refractivity contribution >= 4 is 11.0 Å². The Hall–Kier alpha value is -3.36. The zero-order valence-electron chi connectivity index (χ0n) is 18.9. The van der Waals surface area contributed by atoms with Gasteiger partial charge in [0.2, 0.25) is 5.89 Å². The van der Waals surface area contributed by atoms with E-state index in [1.165, 1.54) is 0 Å². The Kier molecular flexibility index (Phi) is 5.11. The number of hydrogen-bond donors (Lipinski definition) is 0. The van der Waals surface area contributed by atoms with Crippen molar-refractivity contribution in [1.82, 2.24) is 29.1 Å². The molecule has 0 radical (unpaired) electrons. The second-order valence-electron chi connectivity index (χ2n) is 8.76. The number of methoxy groups -OCH3 is 1. The Morgan fingerprint density at radius 1 is 1.09 bits per heavy atom. The maximum atomic E-state index is 12.9. The fourth-order valence-corrected chi connectivity index (χ4v) is 4.86. The molecule has 3 heterocycles. The largest absolute Gasteiger partial charge is 0.497 e. The third-order valence-electron chi connectivity index (χ3n) is 6.65. The Bertz CT molecular complexity index is 1320. The molecule has 1 fully saturated rings. The van der Waals surface area contributed by atoms with Crippen LogP contribution in [0.25, 0.3) is 22.6 Å². The van der Waals surface area contributed by atoms with E-state index in [4.69, 9.17) is 9.15 Å². The van der Waals surface area contributed by atoms with Crippen LogP contribution in [-0.2, 0) is 20.6 Å². The second-order valence-corrected chi connectivity index (χ2v) is 8.76. The van der Waals surface area contributed by atoms with E-state index in [0.29, 0.717) is 24.2 Å². The first-order chi connectivity index (χ1) is 15.4. The molecule has 0 saturated heterocycles. The van der Waals surface area contributed by atoms with Crippen LogP contribution in [0.1, 0.15) is 43.2 Å². The number of benzene rings is 1. The van der Waals surface area contributed by atoms with Gasteiger partial charge in [-0.25, -0.2) is 4.79 Å². The number of hydrogen-bond acceptors (Lipinski definition) is 6. The summed E-state index contributed by atoms with van der Waals surface area (Å²) in [7, 11) is 5.34. The standard InChI is InChI=1S/C23H28N6O3/c1-14-11-20(28(3)26-14)22-25-24-21(32-22)16-7-5-15(6-8-16)13-29-19-12-17(31-4)9-10-18(19)27(2)23(29)30/h9-12,15-16H,5-8,13H2,1-4H3. The molecule has 5 rings (SSSR count). The minimum Gasteiger partial charge on any atom is -0.497 e. The quantitative estimate of drug-likeness (QED) is 0.476. The first-order valence-corrected chi connectivity index (χ1v) is 11.0. The molecule has 0 bridgehead atoms. The van der Waals surface area contributed by atoms with Gasteiger partial charge < -0.3 is 9.15 Å². The molecule has 9 nitrogen and oxygen atoms in total. The van der Waals surface area contributed by atoms with Gasteiger partial charge in [-0.05, 0) is 56.7 Å². The third-order valence-corrected chi connectivity index (χ3v) is 6.65. The van der Waals surface area contributed by atoms with Gasteiger partial charge in [-0.1, -0.05) is 0 Å². The summed E-state index contributed by atoms with van der Waals surface area (Å²) in [6.45, 7) is 2.65. The van der Waals surface area contributed by atoms with Crippen molar-refractivity contribution in [3.05, 3.63) is 46.3 Å². The smallest absolute Gasteiger partial charge is 0.328 e. The van der Waals surface area contributed by atoms with Crippen LogP contribution in [-0.4, -0.2) is 36.2 Å². The van der Waals surface area contributed by atoms with Gasteiger partial charge in [-0.15, -0.1) is 10.2 Å². The topological polar surface area (TPSA) is 92.9 Å². The van der Waals surface area contributed by atoms with Crippen molar-refractivity contribution in [3.8, 4) is 17.3 Å². The van der Waals surface area contributed by atoms with Gasteiger partial charge in [0.25, 0.3) is 5.89 Å². The van der Waals surface area contributed by atoms with Gasteiger partial charge in [-0.2, -0.15) is 5.10 Å². The predicted octanol–water partition coefficient (Wildman–Crippen LogP) is 3.41. The van der Waals surface area contributed by atoms with Crippen LogP contribution in [0.2, 0.25) is 0 Å². The van der Waals surface area contributed by atoms with Gasteiger partial charge >= 0.3 is 5.69 Å². The molecule has 0 unspecified atom stereocenters. The first kappa shape index (κ1) is 20.5. The summed E-state index contributed by atoms with van der Waals surface area (Å²) >= 11 is 0. The van der Waals surface area contributed by atoms with Crippen LogP contribution in [0.4, 0.5) is 0 Å². The minimum absolute atomic E-state index is 0.0170. The van der Waals surface area contributed by atoms with Crippen molar-refractivity contribution in [2.45, 2.75) is 45.1 Å². The summed E-state index contributed by atoms with van der Waals surface area (Å²) in [4.78, 5) is 12.9. The molecule has 3 aromatic heterocycles. The molecule has 168 valence electrons. The molecule has 0 aliphatic heterocycles. The van der Waals surface area contributed by atoms with E-state index in [0.717, 1.165) is 53.9 Å². The number of imidazole rings is 1. The third kappa shape index (κ3) is 3.51. The van der Waals surface area contributed by atoms with Gasteiger partial charge in [0.1, 0.15) is 11.4 Å². The fraction of sp³-hybridized carbons (Fsp3) is 0.478. The Morgan fingerprint density at radius 3 is 2.56 bits per heavy atom. The van der Waals surface area contributed by atoms with Crippen LogP contribution < -0.4 is 10.4 Å². The number of fused-ring (bicyclic) bond motifs is 1. The van der Waals surface area contributed by atoms with Gasteiger partial charge in [-0.3, -0.25) is 13.8 Å². The molecule has 0 atom stereocenters. The highest BCUT2D eigenvalue weighted by Crippen LogP contribution is 2.37. The summed E-state index contributed by atoms with van der Waals surface area (Å²) in [5.74, 6) is 2.66. The fourth-order valence-electron chi connectivity index (χ4n) is 4.86. The molecule has 1 aliphatic rings. The van der Waals surface area contributed by atoms with Crippen LogP contribution in [0, 0.1) is 12.8 Å². The second kappa shape index (κ2) is 7.96. The van der Waals surface area contributed by atoms with E-state index in [9.17, 15) is 4.79 Å². The number of aromatic nitrogens is 6. The monoisotopic (exact) mass is 436 g/mol. The van der Waals surface area contributed by atoms with Crippen molar-refractivity contribution in [2.75, 3.05) is 7.11 Å². The minimum atomic E-state index is 0.0170. The lowest BCUT2D eigenvalue weighted by atomic mass is 9.82. The molecule has 1 saturated carbocycles. The lowest BCUT2D eigenvalue weighted by molar-refractivity contribution is 0.270. The molecule has 32 heavy (non-hydrogen) atoms. The van der Waals surface area contributed by atoms with Gasteiger partial charge in [0.15, 0.2) is 0 Å². The number of ether oxygens (including phenoxy) is 1. The maximum Gasteiger partial charge on any atom is 0.328 e. The van der Waals surface area contributed by atoms with Crippen LogP contribution in [0.15, 0.2) is 33.5 Å². The van der Waals surface area contributed by atoms with Crippen molar-refractivity contribution < 1.29 is 9.15 Å². The van der Waals surface area contributed by atoms with E-state index in [-0.39, 0.29) is 11.6 Å². The number of rotatable bonds is 5. The van der Waals surface area contributed by atoms with Crippen LogP contribution in [0.5, 0.6) is 5.75 Å². The van der Waals surface area contributed by atoms with Crippen molar-refractivity contribution in [1.29, 1.82) is 0 Å². The SMILES string of the molecule is COc1ccc2c(c1)n(CC1CCC(c3nnc(-c4cc(C)nn4C)o3)CC1)c(=O)n2C. The molecule has 4 aromatic rings. The highest BCUT2D eigenvalue weighted by Gasteiger charge is 2.28. The van der Waals surface area contributed by atoms with Crippen molar-refractivity contribution in [3.63, 3.8) is 0 Å². The average molecular weight is 437 g/mol. The molecular weight excluding hydrogens is 408 g/mol. The lowest BCUT2D eigenvalue weighted by Gasteiger charge is -2.26. The normalized spacial score (nSPS) is 19.0. The van der Waals surface area contributed by atoms with E-state index in [1.54, 1.807) is 16.4 Å². The highest BCUT2D eigenvalue weighted by atomic mass is 16.5. The molecule has 0 amide bonds. The van der Waals surface area contributed by atoms with E-state index < -0.39 is 0 Å². The summed E-state index contributed by atoms with van der Waals surface area (Å²) in [5, 5.41) is 12.9. The Morgan fingerprint density at radius 2 is 1.88 bits per heavy atom. The lowest BCUT2D eigenvalue weighted by Crippen LogP contribution is -2.27. The molecule has 1 aliphatic carbocycles. The molecule has 9 heteroatoms. The van der Waals surface area contributed by atoms with Crippen LogP contribution in [0.3, 0.4) is 0 Å². The van der Waals surface area contributed by atoms with Crippen molar-refractivity contribution in [2.24, 2.45) is 20.0 Å². The summed E-state index contributed by atoms with van der Waals surface area (Å²) in [6, 6.07) is 7.73. The Labute approximate surface area is 185 Å². The zero-order valence-corrected chi connectivity index (χ0v) is 18.9. The summed E-state index contributed by atoms with van der Waals surface area (Å²) in [6.07, 6.45) is 3.97. The van der Waals surface area contributed by atoms with E-state index in [2.05, 4.69) is 15.3 Å². The first-order valence-electron chi connectivity index (χ1n) is 11.0. The van der Waals surface area contributed by atoms with Gasteiger partial charge in [0.05, 0.1) is 23.8 Å². The summed E-state index contributed by atoms with van der Waals surface area (Å²) < 4.78 is 16.7. The van der Waals surface area contributed by atoms with E-state index >= 15 is 0 Å². The number of aryl methyl sites for hydroxylation is 3. The zero-order chi connectivity index (χ0) is 22.4. The predicted molar refractivity (Wildman–Crippen MR) is 120 cm³/mol. The molecule has 0 spiro atoms. The number of nitrogens with zero attached hydrogens (tertiary/aromatic N) is 6. The summed E-state index contributed by atoms with van der Waals surface area (Å²) in [5.41, 5.74) is 3.62. The molecule has 1 aromatic carbocycles. The Balaban J connectivity index is 1.29. The van der Waals surface area contributed by atoms with E-state index in [1.807, 2.05) is 49.9 Å². The average Bonchev–Trinajstić information content (AvgIpc) is 3.47. The molecule has 0 N–H and O–H groups in total. The van der Waals surface area contributed by atoms with Crippen LogP contribution >= 0.6 is 0 Å². The highest BCUT2D eigenvalue weighted by molar-refractivity contribution is 5.77. The maximum absolute atomic E-state index is 12.9.